The standard InChI is InChI=1S/C12H26N2O2/c1-5-11(8-16-4)14-12(15)10(7-13)6-9(2)3/h9-11H,5-8,13H2,1-4H3,(H,14,15). The summed E-state index contributed by atoms with van der Waals surface area (Å²) in [5.41, 5.74) is 5.62. The Kier molecular flexibility index (Phi) is 8.21. The van der Waals surface area contributed by atoms with Gasteiger partial charge < -0.3 is 15.8 Å². The summed E-state index contributed by atoms with van der Waals surface area (Å²) in [5, 5.41) is 2.98. The summed E-state index contributed by atoms with van der Waals surface area (Å²) in [4.78, 5) is 11.9. The normalized spacial score (nSPS) is 14.9. The summed E-state index contributed by atoms with van der Waals surface area (Å²) < 4.78 is 5.04. The van der Waals surface area contributed by atoms with Gasteiger partial charge in [0.15, 0.2) is 0 Å². The number of carbonyl (C=O) groups excluding carboxylic acids is 1. The maximum atomic E-state index is 11.9. The van der Waals surface area contributed by atoms with Crippen LogP contribution in [-0.2, 0) is 9.53 Å². The van der Waals surface area contributed by atoms with Crippen molar-refractivity contribution in [1.29, 1.82) is 0 Å². The molecule has 2 unspecified atom stereocenters. The Morgan fingerprint density at radius 1 is 1.44 bits per heavy atom. The summed E-state index contributed by atoms with van der Waals surface area (Å²) in [6, 6.07) is 0.0960. The van der Waals surface area contributed by atoms with E-state index in [2.05, 4.69) is 19.2 Å². The summed E-state index contributed by atoms with van der Waals surface area (Å²) in [6.07, 6.45) is 1.71. The van der Waals surface area contributed by atoms with E-state index < -0.39 is 0 Å². The Balaban J connectivity index is 4.17. The number of methoxy groups -OCH3 is 1. The molecule has 0 aliphatic carbocycles. The minimum Gasteiger partial charge on any atom is -0.383 e. The largest absolute Gasteiger partial charge is 0.383 e. The Labute approximate surface area is 98.9 Å². The van der Waals surface area contributed by atoms with E-state index in [1.165, 1.54) is 0 Å². The minimum atomic E-state index is -0.0779. The van der Waals surface area contributed by atoms with E-state index in [9.17, 15) is 4.79 Å². The second-order valence-electron chi connectivity index (χ2n) is 4.63. The molecule has 4 nitrogen and oxygen atoms in total. The van der Waals surface area contributed by atoms with Gasteiger partial charge >= 0.3 is 0 Å². The SMILES string of the molecule is CCC(COC)NC(=O)C(CN)CC(C)C. The zero-order valence-corrected chi connectivity index (χ0v) is 11.0. The van der Waals surface area contributed by atoms with Crippen LogP contribution in [-0.4, -0.2) is 32.2 Å². The van der Waals surface area contributed by atoms with E-state index in [1.807, 2.05) is 6.92 Å². The molecule has 0 saturated carbocycles. The Morgan fingerprint density at radius 2 is 2.06 bits per heavy atom. The number of carbonyl (C=O) groups is 1. The molecule has 0 aromatic heterocycles. The minimum absolute atomic E-state index is 0.0556. The van der Waals surface area contributed by atoms with Crippen LogP contribution in [0.5, 0.6) is 0 Å². The first-order valence-corrected chi connectivity index (χ1v) is 6.04. The van der Waals surface area contributed by atoms with E-state index in [0.717, 1.165) is 12.8 Å². The van der Waals surface area contributed by atoms with Crippen molar-refractivity contribution < 1.29 is 9.53 Å². The Morgan fingerprint density at radius 3 is 2.44 bits per heavy atom. The van der Waals surface area contributed by atoms with Gasteiger partial charge in [-0.05, 0) is 18.8 Å². The highest BCUT2D eigenvalue weighted by atomic mass is 16.5. The summed E-state index contributed by atoms with van der Waals surface area (Å²) in [7, 11) is 1.64. The second-order valence-corrected chi connectivity index (χ2v) is 4.63. The third kappa shape index (κ3) is 6.08. The molecule has 0 bridgehead atoms. The van der Waals surface area contributed by atoms with Crippen LogP contribution in [0.3, 0.4) is 0 Å². The summed E-state index contributed by atoms with van der Waals surface area (Å²) >= 11 is 0. The molecule has 96 valence electrons. The fourth-order valence-electron chi connectivity index (χ4n) is 1.66. The van der Waals surface area contributed by atoms with Gasteiger partial charge in [0.1, 0.15) is 0 Å². The van der Waals surface area contributed by atoms with Crippen LogP contribution in [0.1, 0.15) is 33.6 Å². The van der Waals surface area contributed by atoms with Crippen LogP contribution in [0.25, 0.3) is 0 Å². The van der Waals surface area contributed by atoms with E-state index in [0.29, 0.717) is 19.1 Å². The number of hydrogen-bond donors (Lipinski definition) is 2. The Hall–Kier alpha value is -0.610. The first kappa shape index (κ1) is 15.4. The maximum absolute atomic E-state index is 11.9. The average molecular weight is 230 g/mol. The number of amides is 1. The highest BCUT2D eigenvalue weighted by Gasteiger charge is 2.20. The number of rotatable bonds is 8. The predicted molar refractivity (Wildman–Crippen MR) is 66.1 cm³/mol. The molecule has 0 spiro atoms. The number of nitrogens with two attached hydrogens (primary N) is 1. The molecule has 16 heavy (non-hydrogen) atoms. The third-order valence-corrected chi connectivity index (χ3v) is 2.62. The van der Waals surface area contributed by atoms with Gasteiger partial charge in [0.25, 0.3) is 0 Å². The molecule has 0 radical (unpaired) electrons. The van der Waals surface area contributed by atoms with Gasteiger partial charge in [0, 0.05) is 13.7 Å². The van der Waals surface area contributed by atoms with Crippen molar-refractivity contribution in [3.63, 3.8) is 0 Å². The zero-order chi connectivity index (χ0) is 12.6. The van der Waals surface area contributed by atoms with Crippen molar-refractivity contribution in [3.05, 3.63) is 0 Å². The predicted octanol–water partition coefficient (Wildman–Crippen LogP) is 1.15. The maximum Gasteiger partial charge on any atom is 0.224 e. The van der Waals surface area contributed by atoms with Crippen molar-refractivity contribution in [2.45, 2.75) is 39.7 Å². The quantitative estimate of drug-likeness (QED) is 0.657. The molecule has 1 amide bonds. The number of ether oxygens (including phenoxy) is 1. The first-order chi connectivity index (χ1) is 7.54. The van der Waals surface area contributed by atoms with Crippen molar-refractivity contribution in [3.8, 4) is 0 Å². The van der Waals surface area contributed by atoms with Crippen molar-refractivity contribution >= 4 is 5.91 Å². The molecule has 0 aromatic carbocycles. The lowest BCUT2D eigenvalue weighted by atomic mass is 9.96. The molecule has 0 heterocycles. The smallest absolute Gasteiger partial charge is 0.224 e. The molecule has 2 atom stereocenters. The fraction of sp³-hybridized carbons (Fsp3) is 0.917. The van der Waals surface area contributed by atoms with E-state index in [4.69, 9.17) is 10.5 Å². The monoisotopic (exact) mass is 230 g/mol. The third-order valence-electron chi connectivity index (χ3n) is 2.62. The lowest BCUT2D eigenvalue weighted by molar-refractivity contribution is -0.126. The average Bonchev–Trinajstić information content (AvgIpc) is 2.24. The summed E-state index contributed by atoms with van der Waals surface area (Å²) in [6.45, 7) is 7.20. The topological polar surface area (TPSA) is 64.3 Å². The van der Waals surface area contributed by atoms with Crippen molar-refractivity contribution in [2.75, 3.05) is 20.3 Å². The Bertz CT molecular complexity index is 195. The van der Waals surface area contributed by atoms with E-state index in [-0.39, 0.29) is 17.9 Å². The molecule has 0 rings (SSSR count). The van der Waals surface area contributed by atoms with E-state index >= 15 is 0 Å². The van der Waals surface area contributed by atoms with Crippen LogP contribution < -0.4 is 11.1 Å². The fourth-order valence-corrected chi connectivity index (χ4v) is 1.66. The number of nitrogens with one attached hydrogen (secondary N) is 1. The molecule has 0 aliphatic heterocycles. The van der Waals surface area contributed by atoms with Gasteiger partial charge in [-0.25, -0.2) is 0 Å². The highest BCUT2D eigenvalue weighted by Crippen LogP contribution is 2.11. The van der Waals surface area contributed by atoms with E-state index in [1.54, 1.807) is 7.11 Å². The van der Waals surface area contributed by atoms with Crippen LogP contribution in [0.2, 0.25) is 0 Å². The molecule has 0 aromatic rings. The molecule has 3 N–H and O–H groups in total. The van der Waals surface area contributed by atoms with Crippen LogP contribution in [0.15, 0.2) is 0 Å². The molecule has 0 fully saturated rings. The van der Waals surface area contributed by atoms with Crippen molar-refractivity contribution in [1.82, 2.24) is 5.32 Å². The zero-order valence-electron chi connectivity index (χ0n) is 11.0. The molecular weight excluding hydrogens is 204 g/mol. The summed E-state index contributed by atoms with van der Waals surface area (Å²) in [5.74, 6) is 0.466. The van der Waals surface area contributed by atoms with Gasteiger partial charge in [-0.15, -0.1) is 0 Å². The highest BCUT2D eigenvalue weighted by molar-refractivity contribution is 5.79. The van der Waals surface area contributed by atoms with Gasteiger partial charge in [0.05, 0.1) is 18.6 Å². The van der Waals surface area contributed by atoms with Gasteiger partial charge in [0.2, 0.25) is 5.91 Å². The molecule has 4 heteroatoms. The van der Waals surface area contributed by atoms with Crippen LogP contribution in [0.4, 0.5) is 0 Å². The van der Waals surface area contributed by atoms with Gasteiger partial charge in [-0.2, -0.15) is 0 Å². The first-order valence-electron chi connectivity index (χ1n) is 6.04. The number of hydrogen-bond acceptors (Lipinski definition) is 3. The second kappa shape index (κ2) is 8.53. The lowest BCUT2D eigenvalue weighted by Crippen LogP contribution is -2.43. The van der Waals surface area contributed by atoms with Gasteiger partial charge in [-0.1, -0.05) is 20.8 Å². The van der Waals surface area contributed by atoms with Gasteiger partial charge in [-0.3, -0.25) is 4.79 Å². The molecule has 0 aliphatic rings. The molecular formula is C12H26N2O2. The lowest BCUT2D eigenvalue weighted by Gasteiger charge is -2.21. The van der Waals surface area contributed by atoms with Crippen LogP contribution >= 0.6 is 0 Å². The molecule has 0 saturated heterocycles. The van der Waals surface area contributed by atoms with Crippen molar-refractivity contribution in [2.24, 2.45) is 17.6 Å². The van der Waals surface area contributed by atoms with Crippen LogP contribution in [0, 0.1) is 11.8 Å².